The Kier molecular flexibility index (Phi) is 2.21. The highest BCUT2D eigenvalue weighted by atomic mass is 15.1. The van der Waals surface area contributed by atoms with Crippen LogP contribution < -0.4 is 10.6 Å². The molecule has 0 aliphatic carbocycles. The molecule has 0 saturated heterocycles. The van der Waals surface area contributed by atoms with Gasteiger partial charge in [0.25, 0.3) is 0 Å². The van der Waals surface area contributed by atoms with E-state index in [1.165, 1.54) is 11.3 Å². The van der Waals surface area contributed by atoms with Crippen LogP contribution in [0.5, 0.6) is 0 Å². The second-order valence-corrected chi connectivity index (χ2v) is 4.36. The molecule has 3 rings (SSSR count). The Morgan fingerprint density at radius 2 is 2.00 bits per heavy atom. The molecule has 0 bridgehead atoms. The summed E-state index contributed by atoms with van der Waals surface area (Å²) in [4.78, 5) is 10.8. The van der Waals surface area contributed by atoms with Crippen LogP contribution in [0.25, 0.3) is 11.4 Å². The van der Waals surface area contributed by atoms with Crippen molar-refractivity contribution in [2.24, 2.45) is 0 Å². The van der Waals surface area contributed by atoms with Gasteiger partial charge in [0.2, 0.25) is 0 Å². The van der Waals surface area contributed by atoms with Gasteiger partial charge in [0.1, 0.15) is 0 Å². The summed E-state index contributed by atoms with van der Waals surface area (Å²) in [7, 11) is 2.12. The minimum absolute atomic E-state index is 0.592. The monoisotopic (exact) mass is 226 g/mol. The van der Waals surface area contributed by atoms with Crippen LogP contribution in [0, 0.1) is 0 Å². The lowest BCUT2D eigenvalue weighted by Crippen LogP contribution is -2.12. The maximum atomic E-state index is 5.58. The molecule has 0 fully saturated rings. The fraction of sp³-hybridized carbons (Fsp3) is 0.231. The van der Waals surface area contributed by atoms with Gasteiger partial charge in [-0.1, -0.05) is 0 Å². The number of likely N-dealkylation sites (N-methyl/N-ethyl adjacent to an activating group) is 1. The van der Waals surface area contributed by atoms with E-state index in [0.29, 0.717) is 5.69 Å². The van der Waals surface area contributed by atoms with Crippen LogP contribution in [-0.2, 0) is 6.42 Å². The van der Waals surface area contributed by atoms with E-state index in [1.54, 1.807) is 12.4 Å². The zero-order valence-corrected chi connectivity index (χ0v) is 9.72. The molecule has 0 radical (unpaired) electrons. The smallest absolute Gasteiger partial charge is 0.159 e. The lowest BCUT2D eigenvalue weighted by Gasteiger charge is -2.11. The lowest BCUT2D eigenvalue weighted by atomic mass is 10.1. The van der Waals surface area contributed by atoms with Gasteiger partial charge in [-0.15, -0.1) is 0 Å². The molecule has 2 aromatic rings. The summed E-state index contributed by atoms with van der Waals surface area (Å²) in [6, 6.07) is 6.37. The molecule has 4 heteroatoms. The number of fused-ring (bicyclic) bond motifs is 1. The van der Waals surface area contributed by atoms with Crippen molar-refractivity contribution in [1.29, 1.82) is 0 Å². The third-order valence-electron chi connectivity index (χ3n) is 3.14. The number of benzene rings is 1. The van der Waals surface area contributed by atoms with E-state index in [9.17, 15) is 0 Å². The lowest BCUT2D eigenvalue weighted by molar-refractivity contribution is 0.956. The minimum atomic E-state index is 0.592. The van der Waals surface area contributed by atoms with Gasteiger partial charge in [0.15, 0.2) is 5.82 Å². The second kappa shape index (κ2) is 3.73. The van der Waals surface area contributed by atoms with Crippen molar-refractivity contribution in [2.45, 2.75) is 6.42 Å². The highest BCUT2D eigenvalue weighted by Crippen LogP contribution is 2.30. The summed E-state index contributed by atoms with van der Waals surface area (Å²) in [5.74, 6) is 0.733. The van der Waals surface area contributed by atoms with Crippen molar-refractivity contribution >= 4 is 11.4 Å². The van der Waals surface area contributed by atoms with Crippen LogP contribution in [0.15, 0.2) is 30.6 Å². The zero-order chi connectivity index (χ0) is 11.8. The molecule has 0 unspecified atom stereocenters. The van der Waals surface area contributed by atoms with Crippen molar-refractivity contribution in [3.63, 3.8) is 0 Å². The van der Waals surface area contributed by atoms with Crippen molar-refractivity contribution in [1.82, 2.24) is 9.97 Å². The average Bonchev–Trinajstić information content (AvgIpc) is 2.72. The first kappa shape index (κ1) is 10.1. The van der Waals surface area contributed by atoms with E-state index < -0.39 is 0 Å². The number of nitrogen functional groups attached to an aromatic ring is 1. The SMILES string of the molecule is CN1CCc2cc(-c3ncc(N)cn3)ccc21. The van der Waals surface area contributed by atoms with Gasteiger partial charge in [-0.25, -0.2) is 9.97 Å². The topological polar surface area (TPSA) is 55.0 Å². The summed E-state index contributed by atoms with van der Waals surface area (Å²) in [6.45, 7) is 1.08. The van der Waals surface area contributed by atoms with E-state index in [2.05, 4.69) is 40.1 Å². The van der Waals surface area contributed by atoms with Gasteiger partial charge in [0.05, 0.1) is 18.1 Å². The fourth-order valence-electron chi connectivity index (χ4n) is 2.19. The first-order chi connectivity index (χ1) is 8.24. The highest BCUT2D eigenvalue weighted by molar-refractivity contribution is 5.66. The third kappa shape index (κ3) is 1.71. The first-order valence-electron chi connectivity index (χ1n) is 5.66. The maximum absolute atomic E-state index is 5.58. The largest absolute Gasteiger partial charge is 0.396 e. The number of hydrogen-bond acceptors (Lipinski definition) is 4. The van der Waals surface area contributed by atoms with Crippen LogP contribution in [0.4, 0.5) is 11.4 Å². The maximum Gasteiger partial charge on any atom is 0.159 e. The molecular formula is C13H14N4. The number of nitrogens with two attached hydrogens (primary N) is 1. The van der Waals surface area contributed by atoms with E-state index in [0.717, 1.165) is 24.4 Å². The number of rotatable bonds is 1. The van der Waals surface area contributed by atoms with E-state index in [4.69, 9.17) is 5.73 Å². The summed E-state index contributed by atoms with van der Waals surface area (Å²) in [5.41, 5.74) is 9.90. The Morgan fingerprint density at radius 1 is 1.24 bits per heavy atom. The molecule has 4 nitrogen and oxygen atoms in total. The van der Waals surface area contributed by atoms with Gasteiger partial charge >= 0.3 is 0 Å². The molecule has 0 spiro atoms. The highest BCUT2D eigenvalue weighted by Gasteiger charge is 2.16. The Morgan fingerprint density at radius 3 is 2.76 bits per heavy atom. The van der Waals surface area contributed by atoms with Crippen LogP contribution in [0.1, 0.15) is 5.56 Å². The fourth-order valence-corrected chi connectivity index (χ4v) is 2.19. The predicted molar refractivity (Wildman–Crippen MR) is 68.9 cm³/mol. The zero-order valence-electron chi connectivity index (χ0n) is 9.72. The molecule has 2 heterocycles. The van der Waals surface area contributed by atoms with Gasteiger partial charge < -0.3 is 10.6 Å². The predicted octanol–water partition coefficient (Wildman–Crippen LogP) is 1.72. The summed E-state index contributed by atoms with van der Waals surface area (Å²) in [5, 5.41) is 0. The third-order valence-corrected chi connectivity index (χ3v) is 3.14. The van der Waals surface area contributed by atoms with Gasteiger partial charge in [-0.05, 0) is 30.2 Å². The normalized spacial score (nSPS) is 13.8. The summed E-state index contributed by atoms with van der Waals surface area (Å²) in [6.07, 6.45) is 4.37. The Balaban J connectivity index is 2.02. The molecule has 1 aliphatic heterocycles. The van der Waals surface area contributed by atoms with Gasteiger partial charge in [0, 0.05) is 24.8 Å². The van der Waals surface area contributed by atoms with E-state index in [1.807, 2.05) is 0 Å². The molecule has 17 heavy (non-hydrogen) atoms. The van der Waals surface area contributed by atoms with Crippen LogP contribution in [-0.4, -0.2) is 23.6 Å². The van der Waals surface area contributed by atoms with E-state index in [-0.39, 0.29) is 0 Å². The Hall–Kier alpha value is -2.10. The number of aromatic nitrogens is 2. The van der Waals surface area contributed by atoms with Crippen LogP contribution in [0.3, 0.4) is 0 Å². The number of anilines is 2. The molecule has 86 valence electrons. The number of hydrogen-bond donors (Lipinski definition) is 1. The molecule has 1 aromatic heterocycles. The van der Waals surface area contributed by atoms with Crippen LogP contribution >= 0.6 is 0 Å². The van der Waals surface area contributed by atoms with Crippen molar-refractivity contribution in [2.75, 3.05) is 24.2 Å². The molecule has 2 N–H and O–H groups in total. The van der Waals surface area contributed by atoms with Crippen molar-refractivity contribution in [3.05, 3.63) is 36.2 Å². The van der Waals surface area contributed by atoms with Crippen LogP contribution in [0.2, 0.25) is 0 Å². The molecule has 1 aliphatic rings. The quantitative estimate of drug-likeness (QED) is 0.804. The van der Waals surface area contributed by atoms with Crippen molar-refractivity contribution in [3.8, 4) is 11.4 Å². The molecule has 0 atom stereocenters. The summed E-state index contributed by atoms with van der Waals surface area (Å²) < 4.78 is 0. The Bertz CT molecular complexity index is 548. The molecule has 1 aromatic carbocycles. The van der Waals surface area contributed by atoms with E-state index >= 15 is 0 Å². The van der Waals surface area contributed by atoms with Gasteiger partial charge in [-0.2, -0.15) is 0 Å². The first-order valence-corrected chi connectivity index (χ1v) is 5.66. The second-order valence-electron chi connectivity index (χ2n) is 4.36. The van der Waals surface area contributed by atoms with Crippen molar-refractivity contribution < 1.29 is 0 Å². The standard InChI is InChI=1S/C13H14N4/c1-17-5-4-9-6-10(2-3-12(9)17)13-15-7-11(14)8-16-13/h2-3,6-8H,4-5,14H2,1H3. The number of nitrogens with zero attached hydrogens (tertiary/aromatic N) is 3. The van der Waals surface area contributed by atoms with Gasteiger partial charge in [-0.3, -0.25) is 0 Å². The molecule has 0 amide bonds. The Labute approximate surface area is 100 Å². The molecule has 0 saturated carbocycles. The summed E-state index contributed by atoms with van der Waals surface area (Å²) >= 11 is 0. The minimum Gasteiger partial charge on any atom is -0.396 e. The average molecular weight is 226 g/mol. The molecular weight excluding hydrogens is 212 g/mol.